The number of benzene rings is 1. The Kier molecular flexibility index (Phi) is 2.33. The van der Waals surface area contributed by atoms with Crippen molar-refractivity contribution in [3.05, 3.63) is 52.7 Å². The van der Waals surface area contributed by atoms with Gasteiger partial charge in [-0.2, -0.15) is 0 Å². The first-order valence-corrected chi connectivity index (χ1v) is 5.78. The Morgan fingerprint density at radius 2 is 1.83 bits per heavy atom. The molecule has 0 fully saturated rings. The van der Waals surface area contributed by atoms with Gasteiger partial charge in [0, 0.05) is 23.3 Å². The third-order valence-electron chi connectivity index (χ3n) is 3.30. The minimum atomic E-state index is 0.00648. The molecule has 0 saturated heterocycles. The fraction of sp³-hybridized carbons (Fsp3) is 0.133. The van der Waals surface area contributed by atoms with Crippen LogP contribution in [0, 0.1) is 0 Å². The van der Waals surface area contributed by atoms with Crippen LogP contribution in [0.25, 0.3) is 21.8 Å². The van der Waals surface area contributed by atoms with E-state index in [1.807, 2.05) is 41.9 Å². The summed E-state index contributed by atoms with van der Waals surface area (Å²) in [6, 6.07) is 13.2. The highest BCUT2D eigenvalue weighted by molar-refractivity contribution is 6.07. The van der Waals surface area contributed by atoms with Crippen LogP contribution >= 0.6 is 0 Å². The smallest absolute Gasteiger partial charge is 0.202 e. The Morgan fingerprint density at radius 3 is 2.61 bits per heavy atom. The number of nitrogens with zero attached hydrogens (tertiary/aromatic N) is 1. The molecular weight excluding hydrogens is 226 g/mol. The van der Waals surface area contributed by atoms with E-state index < -0.39 is 0 Å². The summed E-state index contributed by atoms with van der Waals surface area (Å²) in [6.45, 7) is 0. The van der Waals surface area contributed by atoms with Crippen LogP contribution < -0.4 is 10.2 Å². The zero-order valence-electron chi connectivity index (χ0n) is 10.3. The topological polar surface area (TPSA) is 31.2 Å². The molecule has 0 amide bonds. The van der Waals surface area contributed by atoms with Crippen molar-refractivity contribution >= 4 is 21.8 Å². The van der Waals surface area contributed by atoms with Crippen molar-refractivity contribution in [3.63, 3.8) is 0 Å². The normalized spacial score (nSPS) is 11.0. The monoisotopic (exact) mass is 239 g/mol. The van der Waals surface area contributed by atoms with Crippen LogP contribution in [0.15, 0.2) is 47.3 Å². The maximum Gasteiger partial charge on any atom is 0.202 e. The Bertz CT molecular complexity index is 803. The highest BCUT2D eigenvalue weighted by Crippen LogP contribution is 2.27. The summed E-state index contributed by atoms with van der Waals surface area (Å²) in [5.74, 6) is 0.693. The lowest BCUT2D eigenvalue weighted by Gasteiger charge is -1.94. The molecule has 1 heterocycles. The number of hydrogen-bond acceptors (Lipinski definition) is 2. The van der Waals surface area contributed by atoms with Crippen molar-refractivity contribution in [3.8, 4) is 5.75 Å². The average Bonchev–Trinajstić information content (AvgIpc) is 2.56. The molecule has 0 unspecified atom stereocenters. The molecule has 90 valence electrons. The van der Waals surface area contributed by atoms with Crippen LogP contribution in [-0.4, -0.2) is 11.7 Å². The van der Waals surface area contributed by atoms with E-state index >= 15 is 0 Å². The van der Waals surface area contributed by atoms with E-state index in [-0.39, 0.29) is 5.43 Å². The van der Waals surface area contributed by atoms with E-state index in [9.17, 15) is 4.79 Å². The van der Waals surface area contributed by atoms with Gasteiger partial charge >= 0.3 is 0 Å². The molecule has 3 rings (SSSR count). The Morgan fingerprint density at radius 1 is 1.06 bits per heavy atom. The molecular formula is C15H13NO2. The molecule has 0 saturated carbocycles. The van der Waals surface area contributed by atoms with E-state index in [2.05, 4.69) is 0 Å². The number of ether oxygens (including phenoxy) is 1. The summed E-state index contributed by atoms with van der Waals surface area (Å²) >= 11 is 0. The summed E-state index contributed by atoms with van der Waals surface area (Å²) in [5.41, 5.74) is 1.77. The summed E-state index contributed by atoms with van der Waals surface area (Å²) < 4.78 is 7.18. The molecule has 3 nitrogen and oxygen atoms in total. The van der Waals surface area contributed by atoms with E-state index in [1.54, 1.807) is 19.2 Å². The molecule has 1 aromatic heterocycles. The van der Waals surface area contributed by atoms with Crippen molar-refractivity contribution in [2.24, 2.45) is 7.05 Å². The lowest BCUT2D eigenvalue weighted by molar-refractivity contribution is 0.415. The lowest BCUT2D eigenvalue weighted by atomic mass is 10.2. The van der Waals surface area contributed by atoms with Gasteiger partial charge in [0.1, 0.15) is 5.75 Å². The largest absolute Gasteiger partial charge is 0.497 e. The van der Waals surface area contributed by atoms with Gasteiger partial charge in [-0.05, 0) is 24.3 Å². The van der Waals surface area contributed by atoms with Gasteiger partial charge in [-0.25, -0.2) is 0 Å². The highest BCUT2D eigenvalue weighted by Gasteiger charge is 2.09. The van der Waals surface area contributed by atoms with Crippen molar-refractivity contribution in [2.75, 3.05) is 7.11 Å². The van der Waals surface area contributed by atoms with Crippen LogP contribution in [-0.2, 0) is 7.05 Å². The van der Waals surface area contributed by atoms with Crippen molar-refractivity contribution in [1.29, 1.82) is 0 Å². The molecule has 0 aliphatic carbocycles. The molecule has 3 heteroatoms. The number of para-hydroxylation sites is 1. The van der Waals surface area contributed by atoms with Gasteiger partial charge in [-0.15, -0.1) is 0 Å². The second-order valence-corrected chi connectivity index (χ2v) is 4.29. The molecule has 2 aromatic carbocycles. The van der Waals surface area contributed by atoms with E-state index in [1.165, 1.54) is 0 Å². The third-order valence-corrected chi connectivity index (χ3v) is 3.30. The number of aryl methyl sites for hydroxylation is 1. The Hall–Kier alpha value is -2.29. The van der Waals surface area contributed by atoms with E-state index in [0.717, 1.165) is 16.3 Å². The summed E-state index contributed by atoms with van der Waals surface area (Å²) in [5, 5.41) is 2.00. The van der Waals surface area contributed by atoms with E-state index in [0.29, 0.717) is 11.3 Å². The molecule has 0 spiro atoms. The van der Waals surface area contributed by atoms with Gasteiger partial charge in [-0.3, -0.25) is 4.79 Å². The molecule has 0 atom stereocenters. The van der Waals surface area contributed by atoms with Crippen LogP contribution in [0.5, 0.6) is 5.75 Å². The fourth-order valence-electron chi connectivity index (χ4n) is 2.42. The first-order chi connectivity index (χ1) is 8.72. The Labute approximate surface area is 104 Å². The van der Waals surface area contributed by atoms with Crippen molar-refractivity contribution < 1.29 is 4.74 Å². The van der Waals surface area contributed by atoms with Crippen molar-refractivity contribution in [1.82, 2.24) is 4.57 Å². The van der Waals surface area contributed by atoms with Crippen molar-refractivity contribution in [2.45, 2.75) is 0 Å². The van der Waals surface area contributed by atoms with Crippen LogP contribution in [0.2, 0.25) is 0 Å². The standard InChI is InChI=1S/C15H13NO2/c1-16-13-6-4-3-5-11(13)12-9-10(18-2)7-8-14(17)15(12)16/h3-9H,1-2H3. The third kappa shape index (κ3) is 1.40. The molecule has 18 heavy (non-hydrogen) atoms. The predicted octanol–water partition coefficient (Wildman–Crippen LogP) is 2.70. The fourth-order valence-corrected chi connectivity index (χ4v) is 2.42. The van der Waals surface area contributed by atoms with Gasteiger partial charge in [0.2, 0.25) is 5.43 Å². The molecule has 0 radical (unpaired) electrons. The molecule has 0 bridgehead atoms. The first-order valence-electron chi connectivity index (χ1n) is 5.78. The zero-order chi connectivity index (χ0) is 12.7. The van der Waals surface area contributed by atoms with Crippen LogP contribution in [0.4, 0.5) is 0 Å². The lowest BCUT2D eigenvalue weighted by Crippen LogP contribution is -2.00. The highest BCUT2D eigenvalue weighted by atomic mass is 16.5. The SMILES string of the molecule is COc1ccc(=O)c2c(c1)c1ccccc1n2C. The van der Waals surface area contributed by atoms with Gasteiger partial charge in [0.15, 0.2) is 0 Å². The second-order valence-electron chi connectivity index (χ2n) is 4.29. The number of fused-ring (bicyclic) bond motifs is 3. The van der Waals surface area contributed by atoms with Gasteiger partial charge in [0.25, 0.3) is 0 Å². The van der Waals surface area contributed by atoms with Gasteiger partial charge in [-0.1, -0.05) is 18.2 Å². The maximum atomic E-state index is 12.2. The maximum absolute atomic E-state index is 12.2. The molecule has 0 N–H and O–H groups in total. The molecule has 3 aromatic rings. The van der Waals surface area contributed by atoms with Crippen LogP contribution in [0.3, 0.4) is 0 Å². The van der Waals surface area contributed by atoms with Crippen LogP contribution in [0.1, 0.15) is 0 Å². The molecule has 0 aliphatic heterocycles. The Balaban J connectivity index is 2.66. The number of aromatic nitrogens is 1. The van der Waals surface area contributed by atoms with Gasteiger partial charge < -0.3 is 9.30 Å². The summed E-state index contributed by atoms with van der Waals surface area (Å²) in [4.78, 5) is 12.2. The second kappa shape index (κ2) is 3.88. The quantitative estimate of drug-likeness (QED) is 0.653. The van der Waals surface area contributed by atoms with Gasteiger partial charge in [0.05, 0.1) is 12.6 Å². The van der Waals surface area contributed by atoms with E-state index in [4.69, 9.17) is 4.74 Å². The molecule has 0 aliphatic rings. The summed E-state index contributed by atoms with van der Waals surface area (Å²) in [6.07, 6.45) is 0. The zero-order valence-corrected chi connectivity index (χ0v) is 10.3. The first kappa shape index (κ1) is 10.8. The number of methoxy groups -OCH3 is 1. The summed E-state index contributed by atoms with van der Waals surface area (Å²) in [7, 11) is 3.52. The average molecular weight is 239 g/mol. The number of hydrogen-bond donors (Lipinski definition) is 0. The minimum absolute atomic E-state index is 0.00648. The predicted molar refractivity (Wildman–Crippen MR) is 73.2 cm³/mol. The minimum Gasteiger partial charge on any atom is -0.497 e. The number of rotatable bonds is 1.